The molecule has 1 aromatic carbocycles. The van der Waals surface area contributed by atoms with E-state index in [1.807, 2.05) is 36.0 Å². The fourth-order valence-electron chi connectivity index (χ4n) is 6.24. The Balaban J connectivity index is 1.18. The van der Waals surface area contributed by atoms with E-state index < -0.39 is 0 Å². The lowest BCUT2D eigenvalue weighted by molar-refractivity contribution is 0.0893. The van der Waals surface area contributed by atoms with Crippen LogP contribution in [0, 0.1) is 12.7 Å². The smallest absolute Gasteiger partial charge is 0.241 e. The first kappa shape index (κ1) is 24.3. The highest BCUT2D eigenvalue weighted by molar-refractivity contribution is 5.88. The average molecular weight is 505 g/mol. The molecular weight excluding hydrogens is 467 g/mol. The molecule has 1 saturated carbocycles. The predicted molar refractivity (Wildman–Crippen MR) is 146 cm³/mol. The molecule has 1 aliphatic heterocycles. The number of piperazine rings is 1. The summed E-state index contributed by atoms with van der Waals surface area (Å²) < 4.78 is 19.0. The van der Waals surface area contributed by atoms with Crippen LogP contribution in [0.15, 0.2) is 30.6 Å². The molecule has 37 heavy (non-hydrogen) atoms. The zero-order valence-corrected chi connectivity index (χ0v) is 22.3. The zero-order valence-electron chi connectivity index (χ0n) is 22.3. The minimum atomic E-state index is -0.305. The van der Waals surface area contributed by atoms with Gasteiger partial charge in [-0.05, 0) is 77.3 Å². The number of imidazole rings is 1. The van der Waals surface area contributed by atoms with Crippen LogP contribution >= 0.6 is 0 Å². The van der Waals surface area contributed by atoms with Gasteiger partial charge in [0.1, 0.15) is 11.3 Å². The van der Waals surface area contributed by atoms with Crippen molar-refractivity contribution < 1.29 is 4.39 Å². The molecule has 0 radical (unpaired) electrons. The Kier molecular flexibility index (Phi) is 6.36. The largest absolute Gasteiger partial charge is 0.350 e. The van der Waals surface area contributed by atoms with Crippen LogP contribution in [-0.4, -0.2) is 79.3 Å². The molecule has 6 rings (SSSR count). The maximum absolute atomic E-state index is 15.1. The molecule has 1 N–H and O–H groups in total. The number of aryl methyl sites for hydroxylation is 1. The molecule has 3 aromatic heterocycles. The fraction of sp³-hybridized carbons (Fsp3) is 0.536. The van der Waals surface area contributed by atoms with Crippen LogP contribution in [0.3, 0.4) is 0 Å². The van der Waals surface area contributed by atoms with Crippen LogP contribution in [0.2, 0.25) is 0 Å². The maximum Gasteiger partial charge on any atom is 0.241 e. The lowest BCUT2D eigenvalue weighted by Gasteiger charge is -2.41. The molecule has 0 unspecified atom stereocenters. The number of hydrogen-bond donors (Lipinski definition) is 1. The van der Waals surface area contributed by atoms with E-state index in [0.29, 0.717) is 23.5 Å². The molecule has 1 saturated heterocycles. The van der Waals surface area contributed by atoms with E-state index in [4.69, 9.17) is 5.10 Å². The second-order valence-electron chi connectivity index (χ2n) is 11.1. The number of nitrogens with zero attached hydrogens (tertiary/aromatic N) is 7. The number of hydrogen-bond acceptors (Lipinski definition) is 6. The third kappa shape index (κ3) is 4.59. The summed E-state index contributed by atoms with van der Waals surface area (Å²) in [6.45, 7) is 10.8. The Morgan fingerprint density at radius 3 is 2.51 bits per heavy atom. The molecule has 4 heterocycles. The van der Waals surface area contributed by atoms with Crippen molar-refractivity contribution in [2.75, 3.05) is 38.5 Å². The molecule has 0 amide bonds. The molecule has 1 aliphatic carbocycles. The molecule has 0 bridgehead atoms. The van der Waals surface area contributed by atoms with Crippen LogP contribution in [0.25, 0.3) is 27.7 Å². The summed E-state index contributed by atoms with van der Waals surface area (Å²) in [6, 6.07) is 6.87. The van der Waals surface area contributed by atoms with Crippen LogP contribution in [-0.2, 0) is 0 Å². The van der Waals surface area contributed by atoms with E-state index in [2.05, 4.69) is 50.5 Å². The highest BCUT2D eigenvalue weighted by atomic mass is 19.1. The summed E-state index contributed by atoms with van der Waals surface area (Å²) in [4.78, 5) is 14.2. The van der Waals surface area contributed by atoms with E-state index in [9.17, 15) is 0 Å². The van der Waals surface area contributed by atoms with E-state index in [1.165, 1.54) is 39.0 Å². The van der Waals surface area contributed by atoms with E-state index >= 15 is 4.39 Å². The quantitative estimate of drug-likeness (QED) is 0.423. The first-order chi connectivity index (χ1) is 17.9. The lowest BCUT2D eigenvalue weighted by Crippen LogP contribution is -2.50. The Hall–Kier alpha value is -3.04. The highest BCUT2D eigenvalue weighted by Crippen LogP contribution is 2.32. The van der Waals surface area contributed by atoms with Gasteiger partial charge in [0.25, 0.3) is 0 Å². The first-order valence-corrected chi connectivity index (χ1v) is 13.6. The van der Waals surface area contributed by atoms with Crippen LogP contribution in [0.4, 0.5) is 10.3 Å². The van der Waals surface area contributed by atoms with Crippen molar-refractivity contribution in [2.24, 2.45) is 0 Å². The molecule has 0 spiro atoms. The molecule has 0 atom stereocenters. The second kappa shape index (κ2) is 9.68. The Bertz CT molecular complexity index is 1410. The number of nitrogens with one attached hydrogen (secondary N) is 1. The third-order valence-electron chi connectivity index (χ3n) is 8.25. The van der Waals surface area contributed by atoms with E-state index in [1.54, 1.807) is 6.07 Å². The predicted octanol–water partition coefficient (Wildman–Crippen LogP) is 4.74. The molecule has 9 heteroatoms. The number of aromatic nitrogens is 5. The summed E-state index contributed by atoms with van der Waals surface area (Å²) in [7, 11) is 2.21. The van der Waals surface area contributed by atoms with Gasteiger partial charge < -0.3 is 14.8 Å². The summed E-state index contributed by atoms with van der Waals surface area (Å²) >= 11 is 0. The zero-order chi connectivity index (χ0) is 25.7. The Morgan fingerprint density at radius 1 is 1.03 bits per heavy atom. The van der Waals surface area contributed by atoms with Crippen molar-refractivity contribution in [3.63, 3.8) is 0 Å². The van der Waals surface area contributed by atoms with Crippen molar-refractivity contribution in [3.8, 4) is 11.1 Å². The van der Waals surface area contributed by atoms with E-state index in [0.717, 1.165) is 40.8 Å². The molecule has 2 aliphatic rings. The summed E-state index contributed by atoms with van der Waals surface area (Å²) in [5.74, 6) is 1.16. The molecule has 4 aromatic rings. The van der Waals surface area contributed by atoms with Gasteiger partial charge in [-0.2, -0.15) is 0 Å². The molecule has 8 nitrogen and oxygen atoms in total. The van der Waals surface area contributed by atoms with E-state index in [-0.39, 0.29) is 11.9 Å². The van der Waals surface area contributed by atoms with Crippen LogP contribution in [0.1, 0.15) is 51.4 Å². The molecule has 2 fully saturated rings. The maximum atomic E-state index is 15.1. The van der Waals surface area contributed by atoms with Gasteiger partial charge in [0.15, 0.2) is 5.82 Å². The fourth-order valence-corrected chi connectivity index (χ4v) is 6.24. The minimum Gasteiger partial charge on any atom is -0.350 e. The van der Waals surface area contributed by atoms with Crippen molar-refractivity contribution >= 4 is 22.5 Å². The Labute approximate surface area is 217 Å². The molecular formula is C28H37FN8. The monoisotopic (exact) mass is 504 g/mol. The third-order valence-corrected chi connectivity index (χ3v) is 8.25. The minimum absolute atomic E-state index is 0.194. The van der Waals surface area contributed by atoms with Gasteiger partial charge in [-0.1, -0.05) is 0 Å². The summed E-state index contributed by atoms with van der Waals surface area (Å²) in [6.07, 6.45) is 8.48. The van der Waals surface area contributed by atoms with Crippen molar-refractivity contribution in [2.45, 2.75) is 64.6 Å². The number of anilines is 1. The average Bonchev–Trinajstić information content (AvgIpc) is 3.45. The summed E-state index contributed by atoms with van der Waals surface area (Å²) in [5, 5.41) is 8.30. The van der Waals surface area contributed by atoms with Gasteiger partial charge in [-0.25, -0.2) is 18.9 Å². The molecule has 196 valence electrons. The number of rotatable bonds is 5. The van der Waals surface area contributed by atoms with Crippen LogP contribution in [0.5, 0.6) is 0 Å². The van der Waals surface area contributed by atoms with Gasteiger partial charge in [0, 0.05) is 56.1 Å². The number of fused-ring (bicyclic) bond motifs is 2. The van der Waals surface area contributed by atoms with Gasteiger partial charge >= 0.3 is 0 Å². The summed E-state index contributed by atoms with van der Waals surface area (Å²) in [5.41, 5.74) is 3.81. The number of benzene rings is 1. The SMILES string of the molecule is Cc1nc2c(F)cc(-c3ccn4nc(N[C@H]5CC[C@@H](N6CCN(C)CC6)CC5)ncc34)cc2n1C(C)C. The number of likely N-dealkylation sites (N-methyl/N-ethyl adjacent to an activating group) is 1. The van der Waals surface area contributed by atoms with Crippen molar-refractivity contribution in [1.29, 1.82) is 0 Å². The Morgan fingerprint density at radius 2 is 1.78 bits per heavy atom. The van der Waals surface area contributed by atoms with Crippen molar-refractivity contribution in [1.82, 2.24) is 33.9 Å². The first-order valence-electron chi connectivity index (χ1n) is 13.6. The topological polar surface area (TPSA) is 66.5 Å². The lowest BCUT2D eigenvalue weighted by atomic mass is 9.90. The van der Waals surface area contributed by atoms with Crippen LogP contribution < -0.4 is 5.32 Å². The van der Waals surface area contributed by atoms with Gasteiger partial charge in [0.05, 0.1) is 17.2 Å². The number of halogens is 1. The van der Waals surface area contributed by atoms with Gasteiger partial charge in [0.2, 0.25) is 5.95 Å². The standard InChI is InChI=1S/C28H37FN8/c1-18(2)37-19(3)31-27-24(29)15-20(16-25(27)37)23-9-10-36-26(23)17-30-28(33-36)32-21-5-7-22(8-6-21)35-13-11-34(4)12-14-35/h9-10,15-18,21-22H,5-8,11-14H2,1-4H3,(H,32,33)/t21-,22+. The normalized spacial score (nSPS) is 21.9. The van der Waals surface area contributed by atoms with Gasteiger partial charge in [-0.15, -0.1) is 5.10 Å². The van der Waals surface area contributed by atoms with Crippen molar-refractivity contribution in [3.05, 3.63) is 42.2 Å². The second-order valence-corrected chi connectivity index (χ2v) is 11.1. The van der Waals surface area contributed by atoms with Gasteiger partial charge in [-0.3, -0.25) is 4.90 Å². The highest BCUT2D eigenvalue weighted by Gasteiger charge is 2.28.